The van der Waals surface area contributed by atoms with Gasteiger partial charge in [-0.2, -0.15) is 0 Å². The van der Waals surface area contributed by atoms with E-state index in [1.165, 1.54) is 0 Å². The lowest BCUT2D eigenvalue weighted by atomic mass is 9.80. The minimum Gasteiger partial charge on any atom is -0.379 e. The minimum atomic E-state index is -0.423. The molecule has 0 amide bonds. The molecule has 2 aliphatic rings. The Morgan fingerprint density at radius 1 is 1.37 bits per heavy atom. The molecule has 1 aliphatic heterocycles. The highest BCUT2D eigenvalue weighted by atomic mass is 31.1. The molecule has 104 valence electrons. The van der Waals surface area contributed by atoms with Crippen LogP contribution in [0.3, 0.4) is 0 Å². The van der Waals surface area contributed by atoms with Gasteiger partial charge in [0.05, 0.1) is 13.2 Å². The molecule has 1 unspecified atom stereocenters. The summed E-state index contributed by atoms with van der Waals surface area (Å²) in [6, 6.07) is 0. The van der Waals surface area contributed by atoms with E-state index in [2.05, 4.69) is 17.9 Å². The van der Waals surface area contributed by atoms with Crippen molar-refractivity contribution in [1.82, 2.24) is 4.90 Å². The largest absolute Gasteiger partial charge is 0.379 e. The first kappa shape index (κ1) is 14.6. The van der Waals surface area contributed by atoms with E-state index in [0.29, 0.717) is 5.57 Å². The first-order valence-corrected chi connectivity index (χ1v) is 7.39. The summed E-state index contributed by atoms with van der Waals surface area (Å²) >= 11 is 0. The molecule has 4 nitrogen and oxygen atoms in total. The zero-order chi connectivity index (χ0) is 14.0. The number of hydrogen-bond acceptors (Lipinski definition) is 4. The molecule has 0 aromatic rings. The van der Waals surface area contributed by atoms with Gasteiger partial charge in [-0.05, 0) is 32.8 Å². The molecule has 5 heteroatoms. The van der Waals surface area contributed by atoms with Gasteiger partial charge in [-0.3, -0.25) is 14.3 Å². The molecule has 0 saturated carbocycles. The highest BCUT2D eigenvalue weighted by Crippen LogP contribution is 2.37. The van der Waals surface area contributed by atoms with E-state index in [9.17, 15) is 9.36 Å². The molecule has 1 atom stereocenters. The van der Waals surface area contributed by atoms with E-state index < -0.39 is 8.46 Å². The summed E-state index contributed by atoms with van der Waals surface area (Å²) in [5.41, 5.74) is 2.23. The van der Waals surface area contributed by atoms with Gasteiger partial charge in [0.25, 0.3) is 5.52 Å². The molecule has 0 aromatic carbocycles. The predicted octanol–water partition coefficient (Wildman–Crippen LogP) is 2.56. The first-order chi connectivity index (χ1) is 8.98. The smallest absolute Gasteiger partial charge is 0.253 e. The summed E-state index contributed by atoms with van der Waals surface area (Å²) in [5.74, 6) is 0. The van der Waals surface area contributed by atoms with Gasteiger partial charge in [0.1, 0.15) is 0 Å². The van der Waals surface area contributed by atoms with Crippen molar-refractivity contribution < 1.29 is 14.1 Å². The molecule has 2 rings (SSSR count). The fraction of sp³-hybridized carbons (Fsp3) is 0.643. The Labute approximate surface area is 115 Å². The van der Waals surface area contributed by atoms with Crippen LogP contribution >= 0.6 is 8.46 Å². The molecule has 0 radical (unpaired) electrons. The predicted molar refractivity (Wildman–Crippen MR) is 74.5 cm³/mol. The van der Waals surface area contributed by atoms with Crippen LogP contribution in [0.25, 0.3) is 0 Å². The number of hydrogen-bond donors (Lipinski definition) is 0. The lowest BCUT2D eigenvalue weighted by molar-refractivity contribution is -0.108. The highest BCUT2D eigenvalue weighted by molar-refractivity contribution is 7.47. The van der Waals surface area contributed by atoms with E-state index in [1.807, 2.05) is 13.8 Å². The monoisotopic (exact) mass is 281 g/mol. The summed E-state index contributed by atoms with van der Waals surface area (Å²) in [4.78, 5) is 14.1. The molecule has 0 bridgehead atoms. The van der Waals surface area contributed by atoms with E-state index >= 15 is 0 Å². The third-order valence-electron chi connectivity index (χ3n) is 4.00. The molecule has 0 aromatic heterocycles. The summed E-state index contributed by atoms with van der Waals surface area (Å²) in [5, 5.41) is 0. The molecule has 1 fully saturated rings. The summed E-state index contributed by atoms with van der Waals surface area (Å²) in [7, 11) is -0.423. The van der Waals surface area contributed by atoms with Crippen LogP contribution in [-0.4, -0.2) is 42.3 Å². The van der Waals surface area contributed by atoms with E-state index in [-0.39, 0.29) is 11.1 Å². The maximum absolute atomic E-state index is 11.7. The lowest BCUT2D eigenvalue weighted by Crippen LogP contribution is -2.51. The lowest BCUT2D eigenvalue weighted by Gasteiger charge is -2.44. The molecule has 0 spiro atoms. The van der Waals surface area contributed by atoms with Crippen LogP contribution in [0.2, 0.25) is 0 Å². The molecule has 0 N–H and O–H groups in total. The van der Waals surface area contributed by atoms with Crippen LogP contribution in [0.5, 0.6) is 0 Å². The van der Waals surface area contributed by atoms with Crippen LogP contribution in [0.15, 0.2) is 22.8 Å². The molecular formula is C14H20NO3P. The summed E-state index contributed by atoms with van der Waals surface area (Å²) in [6.45, 7) is 9.44. The van der Waals surface area contributed by atoms with Crippen LogP contribution in [-0.2, 0) is 14.1 Å². The Balaban J connectivity index is 2.27. The van der Waals surface area contributed by atoms with Gasteiger partial charge in [-0.25, -0.2) is 0 Å². The third kappa shape index (κ3) is 2.86. The quantitative estimate of drug-likeness (QED) is 0.746. The number of ether oxygens (including phenoxy) is 1. The Hall–Kier alpha value is -0.830. The zero-order valence-electron chi connectivity index (χ0n) is 11.7. The van der Waals surface area contributed by atoms with Gasteiger partial charge in [0.15, 0.2) is 0 Å². The highest BCUT2D eigenvalue weighted by Gasteiger charge is 2.36. The topological polar surface area (TPSA) is 46.6 Å². The SMILES string of the molecule is CC1=CC(C)(N2CCOCC2)CC(C)=C1C(=O)P=O. The number of carbonyl (C=O) groups is 1. The first-order valence-electron chi connectivity index (χ1n) is 6.58. The van der Waals surface area contributed by atoms with Crippen LogP contribution < -0.4 is 0 Å². The molecule has 1 saturated heterocycles. The zero-order valence-corrected chi connectivity index (χ0v) is 12.6. The van der Waals surface area contributed by atoms with Gasteiger partial charge < -0.3 is 4.74 Å². The van der Waals surface area contributed by atoms with Crippen LogP contribution in [0.1, 0.15) is 27.2 Å². The number of allylic oxidation sites excluding steroid dienone is 2. The second kappa shape index (κ2) is 5.66. The Kier molecular flexibility index (Phi) is 4.34. The fourth-order valence-corrected chi connectivity index (χ4v) is 3.68. The van der Waals surface area contributed by atoms with Gasteiger partial charge in [0.2, 0.25) is 8.46 Å². The van der Waals surface area contributed by atoms with E-state index in [0.717, 1.165) is 43.9 Å². The fourth-order valence-electron chi connectivity index (χ4n) is 3.23. The second-order valence-corrected chi connectivity index (χ2v) is 6.10. The average Bonchev–Trinajstić information content (AvgIpc) is 2.38. The number of nitrogens with zero attached hydrogens (tertiary/aromatic N) is 1. The van der Waals surface area contributed by atoms with Crippen LogP contribution in [0.4, 0.5) is 0 Å². The van der Waals surface area contributed by atoms with Crippen molar-refractivity contribution in [2.45, 2.75) is 32.7 Å². The standard InChI is InChI=1S/C14H20NO3P/c1-10-8-14(3,15-4-6-18-7-5-15)9-11(2)12(10)13(16)19-17/h8H,4-7,9H2,1-3H3. The van der Waals surface area contributed by atoms with Crippen molar-refractivity contribution in [1.29, 1.82) is 0 Å². The normalized spacial score (nSPS) is 29.5. The number of morpholine rings is 1. The van der Waals surface area contributed by atoms with Crippen molar-refractivity contribution in [3.05, 3.63) is 22.8 Å². The Bertz CT molecular complexity index is 463. The van der Waals surface area contributed by atoms with Gasteiger partial charge in [0, 0.05) is 24.2 Å². The van der Waals surface area contributed by atoms with Crippen molar-refractivity contribution in [3.63, 3.8) is 0 Å². The number of carbonyl (C=O) groups excluding carboxylic acids is 1. The Morgan fingerprint density at radius 3 is 2.53 bits per heavy atom. The van der Waals surface area contributed by atoms with E-state index in [1.54, 1.807) is 0 Å². The summed E-state index contributed by atoms with van der Waals surface area (Å²) in [6.07, 6.45) is 2.95. The maximum Gasteiger partial charge on any atom is 0.253 e. The van der Waals surface area contributed by atoms with Crippen molar-refractivity contribution in [3.8, 4) is 0 Å². The van der Waals surface area contributed by atoms with Crippen molar-refractivity contribution in [2.24, 2.45) is 0 Å². The maximum atomic E-state index is 11.7. The summed E-state index contributed by atoms with van der Waals surface area (Å²) < 4.78 is 16.2. The van der Waals surface area contributed by atoms with Gasteiger partial charge >= 0.3 is 0 Å². The molecule has 1 heterocycles. The van der Waals surface area contributed by atoms with Crippen molar-refractivity contribution >= 4 is 14.0 Å². The third-order valence-corrected chi connectivity index (χ3v) is 4.39. The van der Waals surface area contributed by atoms with E-state index in [4.69, 9.17) is 4.74 Å². The van der Waals surface area contributed by atoms with Crippen LogP contribution in [0, 0.1) is 0 Å². The average molecular weight is 281 g/mol. The number of rotatable bonds is 3. The van der Waals surface area contributed by atoms with Gasteiger partial charge in [-0.15, -0.1) is 0 Å². The minimum absolute atomic E-state index is 0.0680. The molecule has 1 aliphatic carbocycles. The van der Waals surface area contributed by atoms with Crippen molar-refractivity contribution in [2.75, 3.05) is 26.3 Å². The second-order valence-electron chi connectivity index (χ2n) is 5.51. The van der Waals surface area contributed by atoms with Gasteiger partial charge in [-0.1, -0.05) is 11.6 Å². The molecular weight excluding hydrogens is 261 g/mol. The Morgan fingerprint density at radius 2 is 2.00 bits per heavy atom. The molecule has 19 heavy (non-hydrogen) atoms.